The quantitative estimate of drug-likeness (QED) is 0.410. The maximum absolute atomic E-state index is 12.5. The summed E-state index contributed by atoms with van der Waals surface area (Å²) in [6.45, 7) is 6.96. The second-order valence-corrected chi connectivity index (χ2v) is 9.47. The average molecular weight is 448 g/mol. The first-order valence-electron chi connectivity index (χ1n) is 12.4. The van der Waals surface area contributed by atoms with Gasteiger partial charge in [0.2, 0.25) is 5.91 Å². The van der Waals surface area contributed by atoms with Crippen molar-refractivity contribution in [3.8, 4) is 16.9 Å². The third-order valence-corrected chi connectivity index (χ3v) is 6.43. The zero-order chi connectivity index (χ0) is 23.0. The summed E-state index contributed by atoms with van der Waals surface area (Å²) in [6, 6.07) is 16.7. The topological polar surface area (TPSA) is 55.3 Å². The van der Waals surface area contributed by atoms with Crippen molar-refractivity contribution in [1.29, 1.82) is 0 Å². The predicted octanol–water partition coefficient (Wildman–Crippen LogP) is 5.38. The first-order chi connectivity index (χ1) is 16.1. The van der Waals surface area contributed by atoms with Crippen molar-refractivity contribution < 1.29 is 9.53 Å². The fourth-order valence-corrected chi connectivity index (χ4v) is 4.70. The molecule has 3 aromatic rings. The molecule has 1 heterocycles. The van der Waals surface area contributed by atoms with E-state index in [2.05, 4.69) is 47.0 Å². The molecule has 0 bridgehead atoms. The van der Waals surface area contributed by atoms with Gasteiger partial charge in [-0.05, 0) is 79.9 Å². The van der Waals surface area contributed by atoms with Crippen LogP contribution in [0.15, 0.2) is 54.7 Å². The van der Waals surface area contributed by atoms with Crippen LogP contribution >= 0.6 is 0 Å². The maximum atomic E-state index is 12.5. The van der Waals surface area contributed by atoms with E-state index in [9.17, 15) is 4.79 Å². The normalized spacial score (nSPS) is 14.6. The molecule has 1 amide bonds. The molecule has 5 heteroatoms. The molecule has 1 aliphatic rings. The third kappa shape index (κ3) is 6.61. The lowest BCUT2D eigenvalue weighted by Gasteiger charge is -2.21. The van der Waals surface area contributed by atoms with E-state index in [1.807, 2.05) is 36.7 Å². The number of hydrogen-bond donors (Lipinski definition) is 2. The van der Waals surface area contributed by atoms with Crippen LogP contribution in [0.2, 0.25) is 0 Å². The molecule has 0 saturated heterocycles. The third-order valence-electron chi connectivity index (χ3n) is 6.43. The van der Waals surface area contributed by atoms with Crippen LogP contribution in [0, 0.1) is 5.92 Å². The number of nitrogens with zero attached hydrogens (tertiary/aromatic N) is 1. The molecule has 176 valence electrons. The minimum Gasteiger partial charge on any atom is -0.491 e. The fourth-order valence-electron chi connectivity index (χ4n) is 4.70. The summed E-state index contributed by atoms with van der Waals surface area (Å²) in [4.78, 5) is 12.5. The van der Waals surface area contributed by atoms with E-state index < -0.39 is 0 Å². The van der Waals surface area contributed by atoms with Crippen LogP contribution in [0.25, 0.3) is 22.0 Å². The molecule has 5 nitrogen and oxygen atoms in total. The van der Waals surface area contributed by atoms with Gasteiger partial charge < -0.3 is 19.9 Å². The molecular weight excluding hydrogens is 410 g/mol. The van der Waals surface area contributed by atoms with E-state index in [4.69, 9.17) is 4.74 Å². The number of fused-ring (bicyclic) bond motifs is 1. The number of amides is 1. The van der Waals surface area contributed by atoms with Gasteiger partial charge in [-0.15, -0.1) is 0 Å². The van der Waals surface area contributed by atoms with E-state index in [-0.39, 0.29) is 12.0 Å². The molecular formula is C28H37N3O2. The van der Waals surface area contributed by atoms with Crippen molar-refractivity contribution in [3.63, 3.8) is 0 Å². The van der Waals surface area contributed by atoms with Gasteiger partial charge in [0, 0.05) is 24.8 Å². The summed E-state index contributed by atoms with van der Waals surface area (Å²) >= 11 is 0. The molecule has 33 heavy (non-hydrogen) atoms. The Labute approximate surface area is 197 Å². The summed E-state index contributed by atoms with van der Waals surface area (Å²) in [6.07, 6.45) is 8.97. The van der Waals surface area contributed by atoms with Crippen molar-refractivity contribution in [2.75, 3.05) is 19.6 Å². The highest BCUT2D eigenvalue weighted by Gasteiger charge is 2.12. The maximum Gasteiger partial charge on any atom is 0.239 e. The molecule has 2 aromatic carbocycles. The monoisotopic (exact) mass is 447 g/mol. The van der Waals surface area contributed by atoms with Gasteiger partial charge in [0.15, 0.2) is 0 Å². The molecule has 1 saturated carbocycles. The van der Waals surface area contributed by atoms with Crippen molar-refractivity contribution >= 4 is 16.8 Å². The standard InChI is InChI=1S/C28H37N3O2/c1-21(2)33-26-12-10-23(11-13-26)25-9-8-24-14-17-31(27(24)18-25)20-28(32)30-16-15-29-19-22-6-4-3-5-7-22/h8-14,17-18,21-22,29H,3-7,15-16,19-20H2,1-2H3,(H,30,32). The Morgan fingerprint density at radius 1 is 1.00 bits per heavy atom. The van der Waals surface area contributed by atoms with E-state index in [0.717, 1.165) is 46.8 Å². The summed E-state index contributed by atoms with van der Waals surface area (Å²) < 4.78 is 7.78. The Kier molecular flexibility index (Phi) is 8.05. The van der Waals surface area contributed by atoms with Crippen LogP contribution in [-0.4, -0.2) is 36.2 Å². The van der Waals surface area contributed by atoms with Gasteiger partial charge in [-0.3, -0.25) is 4.79 Å². The minimum atomic E-state index is 0.0487. The average Bonchev–Trinajstić information content (AvgIpc) is 3.21. The summed E-state index contributed by atoms with van der Waals surface area (Å²) in [7, 11) is 0. The lowest BCUT2D eigenvalue weighted by molar-refractivity contribution is -0.121. The van der Waals surface area contributed by atoms with Crippen molar-refractivity contribution in [2.24, 2.45) is 5.92 Å². The van der Waals surface area contributed by atoms with Gasteiger partial charge in [-0.1, -0.05) is 43.5 Å². The first kappa shape index (κ1) is 23.4. The number of carbonyl (C=O) groups is 1. The van der Waals surface area contributed by atoms with Crippen molar-refractivity contribution in [2.45, 2.75) is 58.6 Å². The second kappa shape index (κ2) is 11.4. The SMILES string of the molecule is CC(C)Oc1ccc(-c2ccc3ccn(CC(=O)NCCNCC4CCCCC4)c3c2)cc1. The van der Waals surface area contributed by atoms with Gasteiger partial charge in [-0.25, -0.2) is 0 Å². The molecule has 0 aliphatic heterocycles. The molecule has 1 fully saturated rings. The van der Waals surface area contributed by atoms with Gasteiger partial charge in [0.05, 0.1) is 6.10 Å². The molecule has 1 aliphatic carbocycles. The van der Waals surface area contributed by atoms with Crippen molar-refractivity contribution in [1.82, 2.24) is 15.2 Å². The van der Waals surface area contributed by atoms with Gasteiger partial charge in [-0.2, -0.15) is 0 Å². The number of ether oxygens (including phenoxy) is 1. The number of carbonyl (C=O) groups excluding carboxylic acids is 1. The van der Waals surface area contributed by atoms with Crippen LogP contribution in [0.1, 0.15) is 46.0 Å². The highest BCUT2D eigenvalue weighted by molar-refractivity contribution is 5.87. The summed E-state index contributed by atoms with van der Waals surface area (Å²) in [5.74, 6) is 1.74. The number of hydrogen-bond acceptors (Lipinski definition) is 3. The highest BCUT2D eigenvalue weighted by atomic mass is 16.5. The summed E-state index contributed by atoms with van der Waals surface area (Å²) in [5, 5.41) is 7.70. The van der Waals surface area contributed by atoms with Gasteiger partial charge in [0.1, 0.15) is 12.3 Å². The Morgan fingerprint density at radius 3 is 2.52 bits per heavy atom. The zero-order valence-corrected chi connectivity index (χ0v) is 20.0. The van der Waals surface area contributed by atoms with E-state index in [1.54, 1.807) is 0 Å². The molecule has 0 unspecified atom stereocenters. The number of benzene rings is 2. The first-order valence-corrected chi connectivity index (χ1v) is 12.4. The molecule has 2 N–H and O–H groups in total. The Bertz CT molecular complexity index is 1030. The largest absolute Gasteiger partial charge is 0.491 e. The predicted molar refractivity (Wildman–Crippen MR) is 136 cm³/mol. The molecule has 0 radical (unpaired) electrons. The van der Waals surface area contributed by atoms with Crippen LogP contribution in [0.5, 0.6) is 5.75 Å². The molecule has 1 aromatic heterocycles. The number of rotatable bonds is 10. The van der Waals surface area contributed by atoms with E-state index in [0.29, 0.717) is 13.1 Å². The van der Waals surface area contributed by atoms with Gasteiger partial charge >= 0.3 is 0 Å². The lowest BCUT2D eigenvalue weighted by Crippen LogP contribution is -2.35. The Hall–Kier alpha value is -2.79. The minimum absolute atomic E-state index is 0.0487. The highest BCUT2D eigenvalue weighted by Crippen LogP contribution is 2.27. The van der Waals surface area contributed by atoms with E-state index >= 15 is 0 Å². The Morgan fingerprint density at radius 2 is 1.76 bits per heavy atom. The number of aromatic nitrogens is 1. The molecule has 4 rings (SSSR count). The van der Waals surface area contributed by atoms with Crippen LogP contribution in [-0.2, 0) is 11.3 Å². The van der Waals surface area contributed by atoms with Gasteiger partial charge in [0.25, 0.3) is 0 Å². The van der Waals surface area contributed by atoms with Crippen LogP contribution in [0.3, 0.4) is 0 Å². The lowest BCUT2D eigenvalue weighted by atomic mass is 9.89. The zero-order valence-electron chi connectivity index (χ0n) is 20.0. The molecule has 0 atom stereocenters. The van der Waals surface area contributed by atoms with E-state index in [1.165, 1.54) is 32.1 Å². The van der Waals surface area contributed by atoms with Crippen molar-refractivity contribution in [3.05, 3.63) is 54.7 Å². The fraction of sp³-hybridized carbons (Fsp3) is 0.464. The smallest absolute Gasteiger partial charge is 0.239 e. The summed E-state index contributed by atoms with van der Waals surface area (Å²) in [5.41, 5.74) is 3.33. The second-order valence-electron chi connectivity index (χ2n) is 9.47. The van der Waals surface area contributed by atoms with Crippen LogP contribution < -0.4 is 15.4 Å². The molecule has 0 spiro atoms. The number of nitrogens with one attached hydrogen (secondary N) is 2. The Balaban J connectivity index is 1.31. The van der Waals surface area contributed by atoms with Crippen LogP contribution in [0.4, 0.5) is 0 Å².